The Morgan fingerprint density at radius 2 is 1.96 bits per heavy atom. The van der Waals surface area contributed by atoms with Crippen LogP contribution in [0.1, 0.15) is 42.9 Å². The molecule has 0 aliphatic rings. The Morgan fingerprint density at radius 1 is 1.27 bits per heavy atom. The lowest BCUT2D eigenvalue weighted by atomic mass is 10.1. The average molecular weight is 401 g/mol. The Bertz CT molecular complexity index is 733. The molecule has 0 aliphatic carbocycles. The normalized spacial score (nSPS) is 12.4. The number of carbonyl (C=O) groups is 1. The van der Waals surface area contributed by atoms with Crippen LogP contribution in [0.5, 0.6) is 0 Å². The van der Waals surface area contributed by atoms with Gasteiger partial charge in [-0.2, -0.15) is 0 Å². The van der Waals surface area contributed by atoms with E-state index in [4.69, 9.17) is 32.7 Å². The molecular formula is C17H22Cl2N4O3. The van der Waals surface area contributed by atoms with Crippen molar-refractivity contribution in [2.75, 3.05) is 13.2 Å². The smallest absolute Gasteiger partial charge is 0.273 e. The zero-order chi connectivity index (χ0) is 19.1. The van der Waals surface area contributed by atoms with Crippen molar-refractivity contribution in [3.63, 3.8) is 0 Å². The standard InChI is InChI=1S/C17H22Cl2N4O3/c1-4-25-16(26-5-2)10-23-9-15(21-22-23)17(24)20-11(3)13-7-6-12(18)8-14(13)19/h6-9,11,16H,4-5,10H2,1-3H3,(H,20,24). The fraction of sp³-hybridized carbons (Fsp3) is 0.471. The van der Waals surface area contributed by atoms with Crippen LogP contribution in [0.2, 0.25) is 10.0 Å². The Hall–Kier alpha value is -1.67. The van der Waals surface area contributed by atoms with E-state index in [1.165, 1.54) is 4.68 Å². The van der Waals surface area contributed by atoms with E-state index in [0.717, 1.165) is 5.56 Å². The van der Waals surface area contributed by atoms with Gasteiger partial charge in [-0.25, -0.2) is 4.68 Å². The van der Waals surface area contributed by atoms with Crippen LogP contribution in [0, 0.1) is 0 Å². The predicted octanol–water partition coefficient (Wildman–Crippen LogP) is 3.48. The lowest BCUT2D eigenvalue weighted by molar-refractivity contribution is -0.145. The number of carbonyl (C=O) groups excluding carboxylic acids is 1. The Balaban J connectivity index is 2.00. The molecule has 1 amide bonds. The largest absolute Gasteiger partial charge is 0.351 e. The van der Waals surface area contributed by atoms with Crippen molar-refractivity contribution in [3.05, 3.63) is 45.7 Å². The maximum Gasteiger partial charge on any atom is 0.273 e. The van der Waals surface area contributed by atoms with Gasteiger partial charge >= 0.3 is 0 Å². The van der Waals surface area contributed by atoms with Gasteiger partial charge in [0, 0.05) is 23.3 Å². The fourth-order valence-electron chi connectivity index (χ4n) is 2.37. The molecule has 1 aromatic heterocycles. The van der Waals surface area contributed by atoms with Crippen LogP contribution in [-0.2, 0) is 16.0 Å². The molecule has 0 bridgehead atoms. The molecule has 0 saturated carbocycles. The van der Waals surface area contributed by atoms with Gasteiger partial charge in [0.05, 0.1) is 18.8 Å². The van der Waals surface area contributed by atoms with E-state index in [1.807, 2.05) is 20.8 Å². The number of aromatic nitrogens is 3. The number of hydrogen-bond acceptors (Lipinski definition) is 5. The highest BCUT2D eigenvalue weighted by atomic mass is 35.5. The van der Waals surface area contributed by atoms with Crippen molar-refractivity contribution in [1.29, 1.82) is 0 Å². The zero-order valence-electron chi connectivity index (χ0n) is 14.9. The van der Waals surface area contributed by atoms with Crippen LogP contribution in [0.25, 0.3) is 0 Å². The van der Waals surface area contributed by atoms with Gasteiger partial charge in [0.1, 0.15) is 0 Å². The first kappa shape index (κ1) is 20.6. The second-order valence-electron chi connectivity index (χ2n) is 5.53. The Kier molecular flexibility index (Phi) is 7.84. The summed E-state index contributed by atoms with van der Waals surface area (Å²) in [5, 5.41) is 11.7. The number of hydrogen-bond donors (Lipinski definition) is 1. The van der Waals surface area contributed by atoms with Crippen LogP contribution >= 0.6 is 23.2 Å². The summed E-state index contributed by atoms with van der Waals surface area (Å²) < 4.78 is 12.4. The van der Waals surface area contributed by atoms with E-state index < -0.39 is 6.29 Å². The van der Waals surface area contributed by atoms with E-state index in [1.54, 1.807) is 24.4 Å². The summed E-state index contributed by atoms with van der Waals surface area (Å²) in [4.78, 5) is 12.4. The summed E-state index contributed by atoms with van der Waals surface area (Å²) in [7, 11) is 0. The molecule has 0 radical (unpaired) electrons. The van der Waals surface area contributed by atoms with Crippen LogP contribution in [0.15, 0.2) is 24.4 Å². The molecule has 2 rings (SSSR count). The van der Waals surface area contributed by atoms with Gasteiger partial charge in [-0.15, -0.1) is 5.10 Å². The van der Waals surface area contributed by atoms with Gasteiger partial charge in [-0.3, -0.25) is 4.79 Å². The molecule has 142 valence electrons. The first-order valence-corrected chi connectivity index (χ1v) is 9.09. The van der Waals surface area contributed by atoms with Crippen LogP contribution in [0.4, 0.5) is 0 Å². The van der Waals surface area contributed by atoms with Crippen molar-refractivity contribution in [2.24, 2.45) is 0 Å². The maximum absolute atomic E-state index is 12.4. The number of ether oxygens (including phenoxy) is 2. The van der Waals surface area contributed by atoms with Crippen molar-refractivity contribution in [1.82, 2.24) is 20.3 Å². The zero-order valence-corrected chi connectivity index (χ0v) is 16.4. The quantitative estimate of drug-likeness (QED) is 0.651. The van der Waals surface area contributed by atoms with Gasteiger partial charge in [0.15, 0.2) is 12.0 Å². The summed E-state index contributed by atoms with van der Waals surface area (Å²) in [5.41, 5.74) is 0.971. The van der Waals surface area contributed by atoms with Crippen molar-refractivity contribution in [3.8, 4) is 0 Å². The van der Waals surface area contributed by atoms with Crippen LogP contribution in [-0.4, -0.2) is 40.4 Å². The average Bonchev–Trinajstić information content (AvgIpc) is 3.03. The first-order valence-electron chi connectivity index (χ1n) is 8.33. The maximum atomic E-state index is 12.4. The minimum absolute atomic E-state index is 0.202. The summed E-state index contributed by atoms with van der Waals surface area (Å²) in [5.74, 6) is -0.348. The number of nitrogens with zero attached hydrogens (tertiary/aromatic N) is 3. The lowest BCUT2D eigenvalue weighted by Crippen LogP contribution is -2.27. The van der Waals surface area contributed by atoms with E-state index in [9.17, 15) is 4.79 Å². The predicted molar refractivity (Wildman–Crippen MR) is 99.4 cm³/mol. The molecule has 0 fully saturated rings. The van der Waals surface area contributed by atoms with E-state index in [2.05, 4.69) is 15.6 Å². The molecule has 26 heavy (non-hydrogen) atoms. The second-order valence-corrected chi connectivity index (χ2v) is 6.37. The highest BCUT2D eigenvalue weighted by molar-refractivity contribution is 6.35. The van der Waals surface area contributed by atoms with Crippen LogP contribution < -0.4 is 5.32 Å². The van der Waals surface area contributed by atoms with Crippen LogP contribution in [0.3, 0.4) is 0 Å². The van der Waals surface area contributed by atoms with E-state index in [-0.39, 0.29) is 17.6 Å². The number of benzene rings is 1. The number of amides is 1. The highest BCUT2D eigenvalue weighted by Gasteiger charge is 2.18. The molecule has 1 atom stereocenters. The molecular weight excluding hydrogens is 379 g/mol. The number of halogens is 2. The molecule has 2 aromatic rings. The number of nitrogens with one attached hydrogen (secondary N) is 1. The highest BCUT2D eigenvalue weighted by Crippen LogP contribution is 2.26. The molecule has 7 nitrogen and oxygen atoms in total. The van der Waals surface area contributed by atoms with Gasteiger partial charge in [0.2, 0.25) is 0 Å². The summed E-state index contributed by atoms with van der Waals surface area (Å²) in [6, 6.07) is 4.83. The van der Waals surface area contributed by atoms with Crippen molar-refractivity contribution in [2.45, 2.75) is 39.6 Å². The third kappa shape index (κ3) is 5.67. The van der Waals surface area contributed by atoms with E-state index in [0.29, 0.717) is 29.8 Å². The summed E-state index contributed by atoms with van der Waals surface area (Å²) >= 11 is 12.1. The third-order valence-corrected chi connectivity index (χ3v) is 4.15. The molecule has 0 saturated heterocycles. The second kappa shape index (κ2) is 9.87. The third-order valence-electron chi connectivity index (χ3n) is 3.59. The topological polar surface area (TPSA) is 78.3 Å². The minimum atomic E-state index is -0.436. The molecule has 1 aromatic carbocycles. The molecule has 1 unspecified atom stereocenters. The fourth-order valence-corrected chi connectivity index (χ4v) is 2.94. The Morgan fingerprint density at radius 3 is 2.58 bits per heavy atom. The number of rotatable bonds is 9. The van der Waals surface area contributed by atoms with Crippen molar-refractivity contribution < 1.29 is 14.3 Å². The Labute approximate surface area is 162 Å². The molecule has 9 heteroatoms. The molecule has 1 N–H and O–H groups in total. The van der Waals surface area contributed by atoms with Gasteiger partial charge in [0.25, 0.3) is 5.91 Å². The first-order chi connectivity index (χ1) is 12.4. The summed E-state index contributed by atoms with van der Waals surface area (Å²) in [6.45, 7) is 6.99. The summed E-state index contributed by atoms with van der Waals surface area (Å²) in [6.07, 6.45) is 1.12. The lowest BCUT2D eigenvalue weighted by Gasteiger charge is -2.16. The van der Waals surface area contributed by atoms with Gasteiger partial charge in [-0.05, 0) is 38.5 Å². The minimum Gasteiger partial charge on any atom is -0.351 e. The SMILES string of the molecule is CCOC(Cn1cc(C(=O)NC(C)c2ccc(Cl)cc2Cl)nn1)OCC. The monoisotopic (exact) mass is 400 g/mol. The van der Waals surface area contributed by atoms with E-state index >= 15 is 0 Å². The van der Waals surface area contributed by atoms with Crippen molar-refractivity contribution >= 4 is 29.1 Å². The van der Waals surface area contributed by atoms with Gasteiger partial charge in [-0.1, -0.05) is 34.5 Å². The molecule has 0 spiro atoms. The molecule has 1 heterocycles. The molecule has 0 aliphatic heterocycles. The van der Waals surface area contributed by atoms with Gasteiger partial charge < -0.3 is 14.8 Å².